The number of amides is 1. The Morgan fingerprint density at radius 1 is 1.38 bits per heavy atom. The van der Waals surface area contributed by atoms with Gasteiger partial charge in [-0.05, 0) is 50.5 Å². The van der Waals surface area contributed by atoms with Crippen LogP contribution in [0.5, 0.6) is 0 Å². The molecule has 194 valence electrons. The Morgan fingerprint density at radius 3 is 2.84 bits per heavy atom. The molecule has 0 bridgehead atoms. The highest BCUT2D eigenvalue weighted by Crippen LogP contribution is 2.42. The van der Waals surface area contributed by atoms with Gasteiger partial charge in [-0.2, -0.15) is 0 Å². The SMILES string of the molecule is C=C1OCc2c(cc3n(c2=O)Cc2cc4c(CNC(=O)COC(C)C)c(C)c(F)cc4nc2-3)[C@@]1(O)CC. The zero-order valence-electron chi connectivity index (χ0n) is 21.4. The van der Waals surface area contributed by atoms with Crippen molar-refractivity contribution in [1.29, 1.82) is 0 Å². The molecule has 2 aliphatic rings. The lowest BCUT2D eigenvalue weighted by Gasteiger charge is -2.35. The number of hydrogen-bond acceptors (Lipinski definition) is 6. The summed E-state index contributed by atoms with van der Waals surface area (Å²) in [6.45, 7) is 11.4. The number of aliphatic hydroxyl groups is 1. The molecule has 37 heavy (non-hydrogen) atoms. The van der Waals surface area contributed by atoms with Crippen LogP contribution in [0, 0.1) is 12.7 Å². The average molecular weight is 508 g/mol. The van der Waals surface area contributed by atoms with Gasteiger partial charge in [0, 0.05) is 29.1 Å². The van der Waals surface area contributed by atoms with Gasteiger partial charge in [-0.1, -0.05) is 13.5 Å². The Kier molecular flexibility index (Phi) is 6.16. The highest BCUT2D eigenvalue weighted by atomic mass is 19.1. The monoisotopic (exact) mass is 507 g/mol. The van der Waals surface area contributed by atoms with E-state index < -0.39 is 11.4 Å². The highest BCUT2D eigenvalue weighted by Gasteiger charge is 2.41. The van der Waals surface area contributed by atoms with E-state index in [1.807, 2.05) is 19.9 Å². The molecule has 5 rings (SSSR count). The second kappa shape index (κ2) is 9.08. The summed E-state index contributed by atoms with van der Waals surface area (Å²) < 4.78 is 27.4. The van der Waals surface area contributed by atoms with Crippen molar-refractivity contribution in [1.82, 2.24) is 14.9 Å². The normalized spacial score (nSPS) is 18.0. The van der Waals surface area contributed by atoms with Crippen LogP contribution in [0.1, 0.15) is 55.0 Å². The summed E-state index contributed by atoms with van der Waals surface area (Å²) in [5.41, 5.74) is 2.52. The van der Waals surface area contributed by atoms with Crippen molar-refractivity contribution >= 4 is 16.8 Å². The molecule has 9 heteroatoms. The summed E-state index contributed by atoms with van der Waals surface area (Å²) in [4.78, 5) is 30.4. The van der Waals surface area contributed by atoms with Gasteiger partial charge in [0.15, 0.2) is 0 Å². The maximum atomic E-state index is 14.9. The summed E-state index contributed by atoms with van der Waals surface area (Å²) in [6.07, 6.45) is 0.213. The first kappa shape index (κ1) is 25.1. The lowest BCUT2D eigenvalue weighted by atomic mass is 9.84. The number of nitrogens with one attached hydrogen (secondary N) is 1. The molecule has 1 atom stereocenters. The zero-order chi connectivity index (χ0) is 26.6. The number of ether oxygens (including phenoxy) is 2. The standard InChI is InChI=1S/C28H30FN3O5/c1-6-28(35)16(5)37-12-20-21(28)8-24-26-17(11-32(24)27(20)34)7-18-19(10-30-25(33)13-36-14(2)3)15(4)22(29)9-23(18)31-26/h7-9,14,35H,5-6,10-13H2,1-4H3,(H,30,33)/t28-/m1/s1. The first-order valence-electron chi connectivity index (χ1n) is 12.4. The van der Waals surface area contributed by atoms with Crippen LogP contribution in [0.15, 0.2) is 35.3 Å². The molecule has 0 radical (unpaired) electrons. The third-order valence-corrected chi connectivity index (χ3v) is 7.32. The number of rotatable bonds is 6. The molecule has 0 saturated heterocycles. The molecule has 2 N–H and O–H groups in total. The van der Waals surface area contributed by atoms with E-state index in [1.165, 1.54) is 6.07 Å². The first-order chi connectivity index (χ1) is 17.5. The summed E-state index contributed by atoms with van der Waals surface area (Å²) >= 11 is 0. The Bertz CT molecular complexity index is 1530. The van der Waals surface area contributed by atoms with E-state index in [-0.39, 0.29) is 49.6 Å². The summed E-state index contributed by atoms with van der Waals surface area (Å²) in [7, 11) is 0. The predicted molar refractivity (Wildman–Crippen MR) is 136 cm³/mol. The fourth-order valence-corrected chi connectivity index (χ4v) is 5.08. The van der Waals surface area contributed by atoms with Crippen molar-refractivity contribution in [3.05, 3.63) is 74.5 Å². The van der Waals surface area contributed by atoms with Gasteiger partial charge in [0.25, 0.3) is 5.56 Å². The molecule has 3 aromatic rings. The zero-order valence-corrected chi connectivity index (χ0v) is 21.4. The van der Waals surface area contributed by atoms with Gasteiger partial charge in [-0.15, -0.1) is 0 Å². The maximum absolute atomic E-state index is 14.9. The number of benzene rings is 1. The van der Waals surface area contributed by atoms with Crippen molar-refractivity contribution in [2.45, 2.75) is 65.5 Å². The van der Waals surface area contributed by atoms with Crippen molar-refractivity contribution in [3.63, 3.8) is 0 Å². The van der Waals surface area contributed by atoms with Gasteiger partial charge in [0.2, 0.25) is 5.91 Å². The van der Waals surface area contributed by atoms with Crippen molar-refractivity contribution in [2.75, 3.05) is 6.61 Å². The van der Waals surface area contributed by atoms with Crippen LogP contribution in [-0.4, -0.2) is 33.3 Å². The summed E-state index contributed by atoms with van der Waals surface area (Å²) in [5.74, 6) is -0.520. The van der Waals surface area contributed by atoms with Crippen LogP contribution in [0.4, 0.5) is 4.39 Å². The molecular formula is C28H30FN3O5. The average Bonchev–Trinajstić information content (AvgIpc) is 3.22. The van der Waals surface area contributed by atoms with Gasteiger partial charge < -0.3 is 24.5 Å². The number of fused-ring (bicyclic) bond motifs is 5. The van der Waals surface area contributed by atoms with Gasteiger partial charge in [-0.25, -0.2) is 9.37 Å². The topological polar surface area (TPSA) is 103 Å². The number of carbonyl (C=O) groups excluding carboxylic acids is 1. The van der Waals surface area contributed by atoms with Crippen LogP contribution >= 0.6 is 0 Å². The molecule has 1 aromatic carbocycles. The van der Waals surface area contributed by atoms with E-state index in [0.717, 1.165) is 5.56 Å². The van der Waals surface area contributed by atoms with E-state index >= 15 is 0 Å². The van der Waals surface area contributed by atoms with E-state index in [9.17, 15) is 19.1 Å². The number of carbonyl (C=O) groups is 1. The molecule has 0 saturated carbocycles. The maximum Gasteiger partial charge on any atom is 0.258 e. The Balaban J connectivity index is 1.59. The molecule has 4 heterocycles. The molecule has 2 aromatic heterocycles. The minimum atomic E-state index is -1.48. The van der Waals surface area contributed by atoms with E-state index in [4.69, 9.17) is 14.5 Å². The second-order valence-corrected chi connectivity index (χ2v) is 9.90. The summed E-state index contributed by atoms with van der Waals surface area (Å²) in [6, 6.07) is 5.05. The fourth-order valence-electron chi connectivity index (χ4n) is 5.08. The van der Waals surface area contributed by atoms with E-state index in [1.54, 1.807) is 24.5 Å². The lowest BCUT2D eigenvalue weighted by Crippen LogP contribution is -2.38. The number of nitrogens with zero attached hydrogens (tertiary/aromatic N) is 2. The highest BCUT2D eigenvalue weighted by molar-refractivity contribution is 5.88. The molecule has 0 unspecified atom stereocenters. The molecule has 8 nitrogen and oxygen atoms in total. The number of aromatic nitrogens is 2. The predicted octanol–water partition coefficient (Wildman–Crippen LogP) is 3.56. The van der Waals surface area contributed by atoms with E-state index in [0.29, 0.717) is 51.0 Å². The van der Waals surface area contributed by atoms with Crippen molar-refractivity contribution in [3.8, 4) is 11.4 Å². The molecule has 0 spiro atoms. The second-order valence-electron chi connectivity index (χ2n) is 9.90. The first-order valence-corrected chi connectivity index (χ1v) is 12.4. The number of halogens is 1. The summed E-state index contributed by atoms with van der Waals surface area (Å²) in [5, 5.41) is 14.8. The molecule has 0 fully saturated rings. The molecule has 0 aliphatic carbocycles. The fraction of sp³-hybridized carbons (Fsp3) is 0.393. The minimum absolute atomic E-state index is 0.0378. The minimum Gasteiger partial charge on any atom is -0.490 e. The quantitative estimate of drug-likeness (QED) is 0.414. The molecular weight excluding hydrogens is 477 g/mol. The van der Waals surface area contributed by atoms with Crippen LogP contribution in [0.2, 0.25) is 0 Å². The van der Waals surface area contributed by atoms with Crippen LogP contribution in [0.3, 0.4) is 0 Å². The van der Waals surface area contributed by atoms with Crippen LogP contribution < -0.4 is 10.9 Å². The van der Waals surface area contributed by atoms with Gasteiger partial charge in [-0.3, -0.25) is 9.59 Å². The van der Waals surface area contributed by atoms with Gasteiger partial charge >= 0.3 is 0 Å². The van der Waals surface area contributed by atoms with Crippen LogP contribution in [-0.2, 0) is 39.6 Å². The smallest absolute Gasteiger partial charge is 0.258 e. The van der Waals surface area contributed by atoms with Crippen molar-refractivity contribution < 1.29 is 23.8 Å². The van der Waals surface area contributed by atoms with Crippen molar-refractivity contribution in [2.24, 2.45) is 0 Å². The number of pyridine rings is 2. The Hall–Kier alpha value is -3.56. The van der Waals surface area contributed by atoms with Gasteiger partial charge in [0.1, 0.15) is 30.4 Å². The molecule has 1 amide bonds. The van der Waals surface area contributed by atoms with Crippen LogP contribution in [0.25, 0.3) is 22.3 Å². The molecule has 2 aliphatic heterocycles. The lowest BCUT2D eigenvalue weighted by molar-refractivity contribution is -0.127. The van der Waals surface area contributed by atoms with Gasteiger partial charge in [0.05, 0.1) is 35.1 Å². The third-order valence-electron chi connectivity index (χ3n) is 7.32. The Labute approximate surface area is 213 Å². The Morgan fingerprint density at radius 2 is 2.14 bits per heavy atom. The van der Waals surface area contributed by atoms with E-state index in [2.05, 4.69) is 11.9 Å². The largest absolute Gasteiger partial charge is 0.490 e. The third kappa shape index (κ3) is 4.02. The number of hydrogen-bond donors (Lipinski definition) is 2.